The van der Waals surface area contributed by atoms with Crippen molar-refractivity contribution in [3.05, 3.63) is 0 Å². The summed E-state index contributed by atoms with van der Waals surface area (Å²) in [5, 5.41) is 3.55. The van der Waals surface area contributed by atoms with Gasteiger partial charge in [0.15, 0.2) is 0 Å². The van der Waals surface area contributed by atoms with Gasteiger partial charge in [0, 0.05) is 13.2 Å². The van der Waals surface area contributed by atoms with Crippen molar-refractivity contribution in [3.8, 4) is 0 Å². The van der Waals surface area contributed by atoms with Crippen LogP contribution in [0, 0.1) is 0 Å². The van der Waals surface area contributed by atoms with E-state index in [0.717, 1.165) is 45.3 Å². The molecule has 0 bridgehead atoms. The van der Waals surface area contributed by atoms with Crippen molar-refractivity contribution < 1.29 is 9.53 Å². The van der Waals surface area contributed by atoms with Crippen molar-refractivity contribution in [2.45, 2.75) is 69.7 Å². The van der Waals surface area contributed by atoms with E-state index in [4.69, 9.17) is 4.74 Å². The Morgan fingerprint density at radius 3 is 2.89 bits per heavy atom. The van der Waals surface area contributed by atoms with Crippen LogP contribution in [0.4, 0.5) is 0 Å². The van der Waals surface area contributed by atoms with Gasteiger partial charge in [0.25, 0.3) is 0 Å². The van der Waals surface area contributed by atoms with Gasteiger partial charge in [-0.1, -0.05) is 13.3 Å². The van der Waals surface area contributed by atoms with E-state index in [0.29, 0.717) is 5.91 Å². The first-order valence-electron chi connectivity index (χ1n) is 7.45. The molecule has 1 aliphatic carbocycles. The lowest BCUT2D eigenvalue weighted by Gasteiger charge is -2.30. The first-order valence-corrected chi connectivity index (χ1v) is 7.45. The predicted molar refractivity (Wildman–Crippen MR) is 69.1 cm³/mol. The van der Waals surface area contributed by atoms with Crippen molar-refractivity contribution in [1.82, 2.24) is 10.2 Å². The molecule has 4 nitrogen and oxygen atoms in total. The van der Waals surface area contributed by atoms with Gasteiger partial charge >= 0.3 is 0 Å². The molecule has 0 aromatic heterocycles. The molecular weight excluding hydrogens is 228 g/mol. The van der Waals surface area contributed by atoms with Gasteiger partial charge in [-0.15, -0.1) is 0 Å². The maximum Gasteiger partial charge on any atom is 0.244 e. The standard InChI is InChI=1S/C14H24N2O2/c1-2-5-12-15-14(7-8-14)13(17)16(12)10-11-6-3-4-9-18-11/h11-12,15H,2-10H2,1H3. The Balaban J connectivity index is 1.65. The van der Waals surface area contributed by atoms with E-state index in [1.807, 2.05) is 0 Å². The molecule has 2 saturated heterocycles. The van der Waals surface area contributed by atoms with Crippen LogP contribution in [-0.4, -0.2) is 41.8 Å². The van der Waals surface area contributed by atoms with E-state index < -0.39 is 0 Å². The zero-order chi connectivity index (χ0) is 12.6. The van der Waals surface area contributed by atoms with Gasteiger partial charge in [-0.05, 0) is 38.5 Å². The fourth-order valence-corrected chi connectivity index (χ4v) is 3.24. The van der Waals surface area contributed by atoms with Crippen LogP contribution in [0.1, 0.15) is 51.9 Å². The van der Waals surface area contributed by atoms with Gasteiger partial charge in [-0.25, -0.2) is 0 Å². The van der Waals surface area contributed by atoms with Crippen LogP contribution in [0.5, 0.6) is 0 Å². The van der Waals surface area contributed by atoms with Gasteiger partial charge in [-0.2, -0.15) is 0 Å². The van der Waals surface area contributed by atoms with Gasteiger partial charge in [0.1, 0.15) is 0 Å². The van der Waals surface area contributed by atoms with Gasteiger partial charge in [0.05, 0.1) is 17.8 Å². The van der Waals surface area contributed by atoms with E-state index in [-0.39, 0.29) is 17.8 Å². The minimum absolute atomic E-state index is 0.172. The number of hydrogen-bond acceptors (Lipinski definition) is 3. The highest BCUT2D eigenvalue weighted by atomic mass is 16.5. The highest BCUT2D eigenvalue weighted by Gasteiger charge is 2.58. The van der Waals surface area contributed by atoms with Crippen LogP contribution in [-0.2, 0) is 9.53 Å². The molecule has 2 atom stereocenters. The Bertz CT molecular complexity index is 322. The maximum absolute atomic E-state index is 12.5. The second-order valence-corrected chi connectivity index (χ2v) is 5.98. The Kier molecular flexibility index (Phi) is 3.32. The van der Waals surface area contributed by atoms with Crippen molar-refractivity contribution in [2.24, 2.45) is 0 Å². The monoisotopic (exact) mass is 252 g/mol. The average Bonchev–Trinajstić information content (AvgIpc) is 3.12. The molecular formula is C14H24N2O2. The van der Waals surface area contributed by atoms with Crippen LogP contribution in [0.3, 0.4) is 0 Å². The molecule has 2 heterocycles. The Morgan fingerprint density at radius 1 is 1.44 bits per heavy atom. The van der Waals surface area contributed by atoms with Crippen LogP contribution in [0.25, 0.3) is 0 Å². The zero-order valence-electron chi connectivity index (χ0n) is 11.3. The Hall–Kier alpha value is -0.610. The molecule has 0 radical (unpaired) electrons. The molecule has 2 unspecified atom stereocenters. The summed E-state index contributed by atoms with van der Waals surface area (Å²) in [4.78, 5) is 14.5. The normalized spacial score (nSPS) is 34.3. The van der Waals surface area contributed by atoms with Gasteiger partial charge < -0.3 is 9.64 Å². The van der Waals surface area contributed by atoms with Crippen LogP contribution < -0.4 is 5.32 Å². The molecule has 2 aliphatic heterocycles. The molecule has 102 valence electrons. The fraction of sp³-hybridized carbons (Fsp3) is 0.929. The zero-order valence-corrected chi connectivity index (χ0v) is 11.3. The molecule has 1 saturated carbocycles. The molecule has 3 rings (SSSR count). The topological polar surface area (TPSA) is 41.6 Å². The lowest BCUT2D eigenvalue weighted by Crippen LogP contribution is -2.43. The number of hydrogen-bond donors (Lipinski definition) is 1. The molecule has 1 spiro atoms. The van der Waals surface area contributed by atoms with Gasteiger partial charge in [-0.3, -0.25) is 10.1 Å². The number of nitrogens with one attached hydrogen (secondary N) is 1. The molecule has 0 aromatic rings. The van der Waals surface area contributed by atoms with Crippen LogP contribution >= 0.6 is 0 Å². The number of nitrogens with zero attached hydrogens (tertiary/aromatic N) is 1. The van der Waals surface area contributed by atoms with Crippen molar-refractivity contribution in [2.75, 3.05) is 13.2 Å². The summed E-state index contributed by atoms with van der Waals surface area (Å²) in [5.41, 5.74) is -0.172. The Morgan fingerprint density at radius 2 is 2.28 bits per heavy atom. The summed E-state index contributed by atoms with van der Waals surface area (Å²) in [7, 11) is 0. The number of amides is 1. The molecule has 18 heavy (non-hydrogen) atoms. The second kappa shape index (κ2) is 4.82. The summed E-state index contributed by atoms with van der Waals surface area (Å²) < 4.78 is 5.78. The van der Waals surface area contributed by atoms with E-state index >= 15 is 0 Å². The lowest BCUT2D eigenvalue weighted by molar-refractivity contribution is -0.133. The molecule has 3 aliphatic rings. The van der Waals surface area contributed by atoms with Crippen LogP contribution in [0.15, 0.2) is 0 Å². The summed E-state index contributed by atoms with van der Waals surface area (Å²) in [6.45, 7) is 3.83. The fourth-order valence-electron chi connectivity index (χ4n) is 3.24. The quantitative estimate of drug-likeness (QED) is 0.827. The van der Waals surface area contributed by atoms with Crippen molar-refractivity contribution in [1.29, 1.82) is 0 Å². The average molecular weight is 252 g/mol. The first kappa shape index (κ1) is 12.4. The summed E-state index contributed by atoms with van der Waals surface area (Å²) in [5.74, 6) is 0.329. The summed E-state index contributed by atoms with van der Waals surface area (Å²) in [6, 6.07) is 0. The van der Waals surface area contributed by atoms with E-state index in [1.165, 1.54) is 12.8 Å². The maximum atomic E-state index is 12.5. The lowest BCUT2D eigenvalue weighted by atomic mass is 10.1. The summed E-state index contributed by atoms with van der Waals surface area (Å²) in [6.07, 6.45) is 8.24. The van der Waals surface area contributed by atoms with E-state index in [9.17, 15) is 4.79 Å². The van der Waals surface area contributed by atoms with E-state index in [2.05, 4.69) is 17.1 Å². The molecule has 0 aromatic carbocycles. The first-order chi connectivity index (χ1) is 8.75. The van der Waals surface area contributed by atoms with Crippen molar-refractivity contribution >= 4 is 5.91 Å². The third-order valence-corrected chi connectivity index (χ3v) is 4.48. The largest absolute Gasteiger partial charge is 0.376 e. The highest BCUT2D eigenvalue weighted by Crippen LogP contribution is 2.43. The predicted octanol–water partition coefficient (Wildman–Crippen LogP) is 1.65. The van der Waals surface area contributed by atoms with E-state index in [1.54, 1.807) is 0 Å². The number of carbonyl (C=O) groups excluding carboxylic acids is 1. The number of rotatable bonds is 4. The Labute approximate surface area is 109 Å². The van der Waals surface area contributed by atoms with Gasteiger partial charge in [0.2, 0.25) is 5.91 Å². The smallest absolute Gasteiger partial charge is 0.244 e. The molecule has 4 heteroatoms. The minimum Gasteiger partial charge on any atom is -0.376 e. The third kappa shape index (κ3) is 2.16. The molecule has 1 N–H and O–H groups in total. The highest BCUT2D eigenvalue weighted by molar-refractivity contribution is 5.91. The molecule has 1 amide bonds. The molecule has 3 fully saturated rings. The van der Waals surface area contributed by atoms with Crippen molar-refractivity contribution in [3.63, 3.8) is 0 Å². The summed E-state index contributed by atoms with van der Waals surface area (Å²) >= 11 is 0. The number of ether oxygens (including phenoxy) is 1. The second-order valence-electron chi connectivity index (χ2n) is 5.98. The van der Waals surface area contributed by atoms with Crippen LogP contribution in [0.2, 0.25) is 0 Å². The minimum atomic E-state index is -0.172. The third-order valence-electron chi connectivity index (χ3n) is 4.48. The number of carbonyl (C=O) groups is 1. The SMILES string of the molecule is CCCC1NC2(CC2)C(=O)N1CC1CCCCO1.